The maximum absolute atomic E-state index is 2.45. The molecule has 0 nitrogen and oxygen atoms in total. The summed E-state index contributed by atoms with van der Waals surface area (Å²) in [6.07, 6.45) is 0. The van der Waals surface area contributed by atoms with E-state index in [4.69, 9.17) is 0 Å². The van der Waals surface area contributed by atoms with Crippen molar-refractivity contribution in [2.75, 3.05) is 0 Å². The van der Waals surface area contributed by atoms with Crippen LogP contribution in [-0.4, -0.2) is 0 Å². The molecule has 1 unspecified atom stereocenters. The topological polar surface area (TPSA) is 0 Å². The minimum absolute atomic E-state index is 0.685. The molecule has 0 fully saturated rings. The molecule has 1 atom stereocenters. The third-order valence-corrected chi connectivity index (χ3v) is 15.1. The summed E-state index contributed by atoms with van der Waals surface area (Å²) < 4.78 is 0. The van der Waals surface area contributed by atoms with Crippen LogP contribution >= 0.6 is 18.5 Å². The maximum atomic E-state index is 2.45. The van der Waals surface area contributed by atoms with Crippen LogP contribution in [0.1, 0.15) is 0 Å². The number of fused-ring (bicyclic) bond motifs is 4. The predicted molar refractivity (Wildman–Crippen MR) is 238 cm³/mol. The van der Waals surface area contributed by atoms with E-state index in [0.717, 1.165) is 0 Å². The predicted octanol–water partition coefficient (Wildman–Crippen LogP) is 14.4. The van der Waals surface area contributed by atoms with Crippen LogP contribution in [-0.2, 0) is 0 Å². The molecule has 0 amide bonds. The van der Waals surface area contributed by atoms with Crippen molar-refractivity contribution in [3.63, 3.8) is 0 Å². The van der Waals surface area contributed by atoms with Crippen LogP contribution in [0.2, 0.25) is 0 Å². The second kappa shape index (κ2) is 14.1. The van der Waals surface area contributed by atoms with Gasteiger partial charge in [0.25, 0.3) is 0 Å². The van der Waals surface area contributed by atoms with Gasteiger partial charge >= 0.3 is 0 Å². The molecule has 54 heavy (non-hydrogen) atoms. The number of benzene rings is 10. The van der Waals surface area contributed by atoms with E-state index >= 15 is 0 Å². The highest BCUT2D eigenvalue weighted by Crippen LogP contribution is 2.52. The molecule has 254 valence electrons. The summed E-state index contributed by atoms with van der Waals surface area (Å²) in [5.41, 5.74) is 7.48. The Morgan fingerprint density at radius 1 is 0.278 bits per heavy atom. The first-order valence-electron chi connectivity index (χ1n) is 18.4. The minimum atomic E-state index is -0.685. The number of rotatable bonds is 7. The van der Waals surface area contributed by atoms with Crippen molar-refractivity contribution in [1.82, 2.24) is 0 Å². The van der Waals surface area contributed by atoms with E-state index in [1.165, 1.54) is 92.0 Å². The van der Waals surface area contributed by atoms with Gasteiger partial charge < -0.3 is 0 Å². The second-order valence-corrected chi connectivity index (χ2v) is 17.7. The zero-order chi connectivity index (χ0) is 35.8. The summed E-state index contributed by atoms with van der Waals surface area (Å²) in [4.78, 5) is 1.29. The normalized spacial score (nSPS) is 12.1. The Bertz CT molecular complexity index is 2970. The van der Waals surface area contributed by atoms with E-state index in [-0.39, 0.29) is 0 Å². The van der Waals surface area contributed by atoms with Crippen LogP contribution in [0.5, 0.6) is 0 Å². The van der Waals surface area contributed by atoms with Crippen molar-refractivity contribution >= 4 is 72.2 Å². The van der Waals surface area contributed by atoms with Crippen molar-refractivity contribution in [2.45, 2.75) is 4.90 Å². The van der Waals surface area contributed by atoms with Crippen molar-refractivity contribution in [1.29, 1.82) is 0 Å². The SMILES string of the molecule is c1ccc(SP(c2ccccc2)c2cccc(-c3ccc4c(-c5ccc6ccccc6c5)c5ccccc5c(-c5ccc6ccccc6c5)c4c3)c2)cc1. The van der Waals surface area contributed by atoms with E-state index in [1.54, 1.807) is 0 Å². The van der Waals surface area contributed by atoms with Crippen LogP contribution in [0.25, 0.3) is 76.5 Å². The Kier molecular flexibility index (Phi) is 8.53. The number of hydrogen-bond donors (Lipinski definition) is 0. The van der Waals surface area contributed by atoms with Gasteiger partial charge in [-0.1, -0.05) is 187 Å². The van der Waals surface area contributed by atoms with Gasteiger partial charge in [0.2, 0.25) is 0 Å². The summed E-state index contributed by atoms with van der Waals surface area (Å²) in [5.74, 6) is 0. The Balaban J connectivity index is 1.21. The standard InChI is InChI=1S/C52H35PS/c1-3-19-44(20-4-1)53(54-46-22-5-2-6-23-46)45-21-13-18-40(34-45)41-30-31-49-50(35-41)52(43-29-27-37-15-8-10-17-39(37)33-43)48-25-12-11-24-47(48)51(49)42-28-26-36-14-7-9-16-38(36)32-42/h1-35H. The quantitative estimate of drug-likeness (QED) is 0.117. The van der Waals surface area contributed by atoms with E-state index in [9.17, 15) is 0 Å². The molecule has 0 aliphatic carbocycles. The van der Waals surface area contributed by atoms with Gasteiger partial charge in [-0.3, -0.25) is 0 Å². The van der Waals surface area contributed by atoms with E-state index in [0.29, 0.717) is 0 Å². The fourth-order valence-electron chi connectivity index (χ4n) is 7.89. The third kappa shape index (κ3) is 6.06. The smallest absolute Gasteiger partial charge is 0.0208 e. The van der Waals surface area contributed by atoms with Gasteiger partial charge in [0, 0.05) is 12.0 Å². The van der Waals surface area contributed by atoms with E-state index in [1.807, 2.05) is 11.4 Å². The molecule has 10 aromatic rings. The molecule has 0 bridgehead atoms. The van der Waals surface area contributed by atoms with Gasteiger partial charge in [-0.05, 0) is 123 Å². The summed E-state index contributed by atoms with van der Waals surface area (Å²) in [6, 6.07) is 78.4. The lowest BCUT2D eigenvalue weighted by Crippen LogP contribution is -2.09. The molecule has 10 rings (SSSR count). The molecule has 0 saturated carbocycles. The Hall–Kier alpha value is -5.98. The molecular weight excluding hydrogens is 688 g/mol. The summed E-state index contributed by atoms with van der Waals surface area (Å²) in [7, 11) is -0.685. The highest BCUT2D eigenvalue weighted by Gasteiger charge is 2.20. The Labute approximate surface area is 321 Å². The first kappa shape index (κ1) is 32.7. The monoisotopic (exact) mass is 722 g/mol. The lowest BCUT2D eigenvalue weighted by molar-refractivity contribution is 1.48. The molecule has 0 radical (unpaired) electrons. The van der Waals surface area contributed by atoms with Crippen LogP contribution in [0, 0.1) is 0 Å². The van der Waals surface area contributed by atoms with Crippen LogP contribution in [0.15, 0.2) is 217 Å². The largest absolute Gasteiger partial charge is 0.0888 e. The highest BCUT2D eigenvalue weighted by atomic mass is 32.7. The summed E-state index contributed by atoms with van der Waals surface area (Å²) >= 11 is 1.97. The maximum Gasteiger partial charge on any atom is 0.0208 e. The molecule has 2 heteroatoms. The summed E-state index contributed by atoms with van der Waals surface area (Å²) in [5, 5.41) is 12.8. The molecule has 0 saturated heterocycles. The van der Waals surface area contributed by atoms with Gasteiger partial charge in [-0.2, -0.15) is 0 Å². The second-order valence-electron chi connectivity index (χ2n) is 13.8. The average Bonchev–Trinajstić information content (AvgIpc) is 3.25. The van der Waals surface area contributed by atoms with Gasteiger partial charge in [0.05, 0.1) is 0 Å². The zero-order valence-corrected chi connectivity index (χ0v) is 31.3. The molecule has 0 aliphatic rings. The minimum Gasteiger partial charge on any atom is -0.0888 e. The fourth-order valence-corrected chi connectivity index (χ4v) is 12.1. The van der Waals surface area contributed by atoms with Crippen molar-refractivity contribution in [3.05, 3.63) is 212 Å². The van der Waals surface area contributed by atoms with Crippen LogP contribution < -0.4 is 10.6 Å². The van der Waals surface area contributed by atoms with E-state index < -0.39 is 7.12 Å². The lowest BCUT2D eigenvalue weighted by atomic mass is 9.84. The first-order valence-corrected chi connectivity index (χ1v) is 21.2. The zero-order valence-electron chi connectivity index (χ0n) is 29.6. The lowest BCUT2D eigenvalue weighted by Gasteiger charge is -2.20. The van der Waals surface area contributed by atoms with Gasteiger partial charge in [0.1, 0.15) is 0 Å². The van der Waals surface area contributed by atoms with Crippen molar-refractivity contribution in [3.8, 4) is 33.4 Å². The Morgan fingerprint density at radius 2 is 0.759 bits per heavy atom. The van der Waals surface area contributed by atoms with Gasteiger partial charge in [-0.15, -0.1) is 0 Å². The molecule has 0 aliphatic heterocycles. The molecule has 10 aromatic carbocycles. The van der Waals surface area contributed by atoms with Crippen molar-refractivity contribution < 1.29 is 0 Å². The molecule has 0 aromatic heterocycles. The summed E-state index contributed by atoms with van der Waals surface area (Å²) in [6.45, 7) is 0. The molecule has 0 N–H and O–H groups in total. The first-order chi connectivity index (χ1) is 26.8. The molecular formula is C52H35PS. The van der Waals surface area contributed by atoms with Gasteiger partial charge in [-0.25, -0.2) is 0 Å². The third-order valence-electron chi connectivity index (χ3n) is 10.4. The molecule has 0 spiro atoms. The van der Waals surface area contributed by atoms with Crippen LogP contribution in [0.4, 0.5) is 0 Å². The van der Waals surface area contributed by atoms with Gasteiger partial charge in [0.15, 0.2) is 0 Å². The Morgan fingerprint density at radius 3 is 1.41 bits per heavy atom. The number of hydrogen-bond acceptors (Lipinski definition) is 1. The van der Waals surface area contributed by atoms with E-state index in [2.05, 4.69) is 212 Å². The van der Waals surface area contributed by atoms with Crippen LogP contribution in [0.3, 0.4) is 0 Å². The van der Waals surface area contributed by atoms with Crippen molar-refractivity contribution in [2.24, 2.45) is 0 Å². The molecule has 0 heterocycles. The average molecular weight is 723 g/mol. The fraction of sp³-hybridized carbons (Fsp3) is 0. The highest BCUT2D eigenvalue weighted by molar-refractivity contribution is 8.60.